The SMILES string of the molecule is O=C(/C=C/c1ccco1)OCCCCCOC(=O)/C=C/c1ccco1. The Morgan fingerprint density at radius 1 is 0.800 bits per heavy atom. The highest BCUT2D eigenvalue weighted by Gasteiger charge is 2.00. The first-order valence-electron chi connectivity index (χ1n) is 8.01. The monoisotopic (exact) mass is 344 g/mol. The lowest BCUT2D eigenvalue weighted by atomic mass is 10.2. The minimum Gasteiger partial charge on any atom is -0.465 e. The van der Waals surface area contributed by atoms with Gasteiger partial charge >= 0.3 is 11.9 Å². The van der Waals surface area contributed by atoms with Gasteiger partial charge in [-0.25, -0.2) is 9.59 Å². The van der Waals surface area contributed by atoms with Crippen LogP contribution in [0.3, 0.4) is 0 Å². The van der Waals surface area contributed by atoms with Crippen molar-refractivity contribution in [3.63, 3.8) is 0 Å². The second-order valence-electron chi connectivity index (χ2n) is 5.09. The molecule has 0 aliphatic carbocycles. The largest absolute Gasteiger partial charge is 0.465 e. The summed E-state index contributed by atoms with van der Waals surface area (Å²) in [5.41, 5.74) is 0. The number of rotatable bonds is 10. The molecule has 6 nitrogen and oxygen atoms in total. The maximum atomic E-state index is 11.5. The van der Waals surface area contributed by atoms with E-state index in [0.29, 0.717) is 37.6 Å². The smallest absolute Gasteiger partial charge is 0.330 e. The summed E-state index contributed by atoms with van der Waals surface area (Å²) in [6.07, 6.45) is 11.0. The zero-order chi connectivity index (χ0) is 17.7. The summed E-state index contributed by atoms with van der Waals surface area (Å²) in [6, 6.07) is 6.97. The van der Waals surface area contributed by atoms with Gasteiger partial charge in [-0.1, -0.05) is 0 Å². The normalized spacial score (nSPS) is 11.2. The average molecular weight is 344 g/mol. The van der Waals surface area contributed by atoms with Crippen LogP contribution in [-0.4, -0.2) is 25.2 Å². The van der Waals surface area contributed by atoms with E-state index in [9.17, 15) is 9.59 Å². The molecule has 0 saturated heterocycles. The van der Waals surface area contributed by atoms with E-state index >= 15 is 0 Å². The van der Waals surface area contributed by atoms with Crippen molar-refractivity contribution in [2.45, 2.75) is 19.3 Å². The van der Waals surface area contributed by atoms with Crippen molar-refractivity contribution in [1.29, 1.82) is 0 Å². The topological polar surface area (TPSA) is 78.9 Å². The first-order valence-corrected chi connectivity index (χ1v) is 8.01. The Morgan fingerprint density at radius 2 is 1.28 bits per heavy atom. The van der Waals surface area contributed by atoms with Crippen LogP contribution in [-0.2, 0) is 19.1 Å². The quantitative estimate of drug-likeness (QED) is 0.370. The summed E-state index contributed by atoms with van der Waals surface area (Å²) in [4.78, 5) is 22.9. The standard InChI is InChI=1S/C19H20O6/c20-18(10-8-16-6-4-14-22-16)24-12-2-1-3-13-25-19(21)11-9-17-7-5-15-23-17/h4-11,14-15H,1-3,12-13H2/b10-8+,11-9+. The van der Waals surface area contributed by atoms with Gasteiger partial charge in [-0.3, -0.25) is 0 Å². The molecule has 0 radical (unpaired) electrons. The van der Waals surface area contributed by atoms with Gasteiger partial charge in [0.05, 0.1) is 25.7 Å². The Morgan fingerprint density at radius 3 is 1.68 bits per heavy atom. The van der Waals surface area contributed by atoms with Crippen LogP contribution in [0.5, 0.6) is 0 Å². The van der Waals surface area contributed by atoms with Crippen molar-refractivity contribution in [2.24, 2.45) is 0 Å². The lowest BCUT2D eigenvalue weighted by Gasteiger charge is -2.03. The van der Waals surface area contributed by atoms with Crippen molar-refractivity contribution in [2.75, 3.05) is 13.2 Å². The van der Waals surface area contributed by atoms with E-state index in [2.05, 4.69) is 0 Å². The van der Waals surface area contributed by atoms with Crippen LogP contribution in [0.1, 0.15) is 30.8 Å². The molecule has 0 bridgehead atoms. The highest BCUT2D eigenvalue weighted by molar-refractivity contribution is 5.87. The number of unbranched alkanes of at least 4 members (excludes halogenated alkanes) is 2. The molecule has 25 heavy (non-hydrogen) atoms. The van der Waals surface area contributed by atoms with Gasteiger partial charge in [0.25, 0.3) is 0 Å². The maximum Gasteiger partial charge on any atom is 0.330 e. The molecule has 2 aromatic heterocycles. The fourth-order valence-corrected chi connectivity index (χ4v) is 1.90. The van der Waals surface area contributed by atoms with E-state index in [1.54, 1.807) is 36.4 Å². The molecule has 0 N–H and O–H groups in total. The molecule has 6 heteroatoms. The number of furan rings is 2. The van der Waals surface area contributed by atoms with Crippen molar-refractivity contribution < 1.29 is 27.9 Å². The van der Waals surface area contributed by atoms with Gasteiger partial charge in [0.2, 0.25) is 0 Å². The summed E-state index contributed by atoms with van der Waals surface area (Å²) in [5.74, 6) is 0.372. The Kier molecular flexibility index (Phi) is 7.84. The first kappa shape index (κ1) is 18.3. The highest BCUT2D eigenvalue weighted by Crippen LogP contribution is 2.04. The zero-order valence-corrected chi connectivity index (χ0v) is 13.8. The van der Waals surface area contributed by atoms with E-state index in [1.807, 2.05) is 0 Å². The number of hydrogen-bond acceptors (Lipinski definition) is 6. The Hall–Kier alpha value is -3.02. The Balaban J connectivity index is 1.46. The number of carbonyl (C=O) groups excluding carboxylic acids is 2. The molecule has 0 aliphatic rings. The van der Waals surface area contributed by atoms with Crippen LogP contribution >= 0.6 is 0 Å². The van der Waals surface area contributed by atoms with E-state index in [1.165, 1.54) is 24.7 Å². The second kappa shape index (κ2) is 10.7. The number of carbonyl (C=O) groups is 2. The third-order valence-electron chi connectivity index (χ3n) is 3.13. The van der Waals surface area contributed by atoms with E-state index in [4.69, 9.17) is 18.3 Å². The Bertz CT molecular complexity index is 619. The predicted octanol–water partition coefficient (Wildman–Crippen LogP) is 3.86. The van der Waals surface area contributed by atoms with Gasteiger partial charge in [-0.2, -0.15) is 0 Å². The highest BCUT2D eigenvalue weighted by atomic mass is 16.5. The van der Waals surface area contributed by atoms with Crippen LogP contribution in [0.25, 0.3) is 12.2 Å². The van der Waals surface area contributed by atoms with Crippen LogP contribution in [0.15, 0.2) is 57.8 Å². The average Bonchev–Trinajstić information content (AvgIpc) is 3.30. The van der Waals surface area contributed by atoms with Crippen molar-refractivity contribution in [3.8, 4) is 0 Å². The lowest BCUT2D eigenvalue weighted by Crippen LogP contribution is -2.04. The third-order valence-corrected chi connectivity index (χ3v) is 3.13. The fraction of sp³-hybridized carbons (Fsp3) is 0.263. The summed E-state index contributed by atoms with van der Waals surface area (Å²) < 4.78 is 20.2. The number of esters is 2. The summed E-state index contributed by atoms with van der Waals surface area (Å²) in [7, 11) is 0. The van der Waals surface area contributed by atoms with Gasteiger partial charge in [-0.15, -0.1) is 0 Å². The summed E-state index contributed by atoms with van der Waals surface area (Å²) >= 11 is 0. The molecule has 132 valence electrons. The summed E-state index contributed by atoms with van der Waals surface area (Å²) in [5, 5.41) is 0. The molecule has 0 aliphatic heterocycles. The maximum absolute atomic E-state index is 11.5. The number of hydrogen-bond donors (Lipinski definition) is 0. The summed E-state index contributed by atoms with van der Waals surface area (Å²) in [6.45, 7) is 0.654. The molecule has 0 aromatic carbocycles. The zero-order valence-electron chi connectivity index (χ0n) is 13.8. The predicted molar refractivity (Wildman–Crippen MR) is 91.3 cm³/mol. The fourth-order valence-electron chi connectivity index (χ4n) is 1.90. The van der Waals surface area contributed by atoms with Crippen molar-refractivity contribution >= 4 is 24.1 Å². The molecular weight excluding hydrogens is 324 g/mol. The van der Waals surface area contributed by atoms with Gasteiger partial charge in [-0.05, 0) is 55.7 Å². The first-order chi connectivity index (χ1) is 12.2. The van der Waals surface area contributed by atoms with Gasteiger partial charge < -0.3 is 18.3 Å². The molecule has 0 fully saturated rings. The van der Waals surface area contributed by atoms with Crippen LogP contribution in [0, 0.1) is 0 Å². The van der Waals surface area contributed by atoms with Crippen molar-refractivity contribution in [3.05, 3.63) is 60.5 Å². The lowest BCUT2D eigenvalue weighted by molar-refractivity contribution is -0.138. The van der Waals surface area contributed by atoms with E-state index < -0.39 is 11.9 Å². The Labute approximate surface area is 145 Å². The van der Waals surface area contributed by atoms with Gasteiger partial charge in [0.15, 0.2) is 0 Å². The molecule has 0 spiro atoms. The van der Waals surface area contributed by atoms with Crippen molar-refractivity contribution in [1.82, 2.24) is 0 Å². The molecule has 2 aromatic rings. The molecule has 2 rings (SSSR count). The van der Waals surface area contributed by atoms with Gasteiger partial charge in [0.1, 0.15) is 11.5 Å². The second-order valence-corrected chi connectivity index (χ2v) is 5.09. The minimum absolute atomic E-state index is 0.327. The molecule has 0 atom stereocenters. The molecule has 2 heterocycles. The molecular formula is C19H20O6. The van der Waals surface area contributed by atoms with E-state index in [0.717, 1.165) is 6.42 Å². The molecule has 0 unspecified atom stereocenters. The molecule has 0 amide bonds. The van der Waals surface area contributed by atoms with Crippen LogP contribution in [0.4, 0.5) is 0 Å². The van der Waals surface area contributed by atoms with Gasteiger partial charge in [0, 0.05) is 12.2 Å². The minimum atomic E-state index is -0.411. The number of ether oxygens (including phenoxy) is 2. The van der Waals surface area contributed by atoms with Crippen LogP contribution in [0.2, 0.25) is 0 Å². The molecule has 0 saturated carbocycles. The third kappa shape index (κ3) is 7.87. The van der Waals surface area contributed by atoms with Crippen LogP contribution < -0.4 is 0 Å². The van der Waals surface area contributed by atoms with E-state index in [-0.39, 0.29) is 0 Å².